The average molecular weight is 597 g/mol. The number of carbonyl (C=O) groups excluding carboxylic acids is 2. The summed E-state index contributed by atoms with van der Waals surface area (Å²) < 4.78 is 0. The fourth-order valence-corrected chi connectivity index (χ4v) is 10.2. The zero-order valence-corrected chi connectivity index (χ0v) is 26.4. The SMILES string of the molecule is C[C@H]1[C@H]2C(=O)c3ccc(O)cc3[C@]1(C)CCN2CC1CC1.O=C1CC[C@H]2[C@H]3Cc4cccc(O)c4[C@@]2(CCN3CC2CC2)C1. The zero-order valence-electron chi connectivity index (χ0n) is 26.4. The van der Waals surface area contributed by atoms with Gasteiger partial charge in [0.25, 0.3) is 0 Å². The van der Waals surface area contributed by atoms with Gasteiger partial charge in [-0.2, -0.15) is 0 Å². The van der Waals surface area contributed by atoms with Gasteiger partial charge in [-0.05, 0) is 129 Å². The summed E-state index contributed by atoms with van der Waals surface area (Å²) in [6.07, 6.45) is 11.0. The number of aromatic hydroxyl groups is 2. The predicted molar refractivity (Wildman–Crippen MR) is 170 cm³/mol. The smallest absolute Gasteiger partial charge is 0.180 e. The lowest BCUT2D eigenvalue weighted by Gasteiger charge is -2.58. The molecule has 2 aromatic rings. The highest BCUT2D eigenvalue weighted by Gasteiger charge is 2.57. The van der Waals surface area contributed by atoms with Crippen molar-refractivity contribution >= 4 is 11.6 Å². The number of piperidine rings is 2. The summed E-state index contributed by atoms with van der Waals surface area (Å²) in [5, 5.41) is 20.4. The van der Waals surface area contributed by atoms with E-state index in [4.69, 9.17) is 0 Å². The van der Waals surface area contributed by atoms with Crippen molar-refractivity contribution in [2.45, 2.75) is 101 Å². The Bertz CT molecular complexity index is 1500. The lowest BCUT2D eigenvalue weighted by Crippen LogP contribution is -2.62. The van der Waals surface area contributed by atoms with Gasteiger partial charge in [0.2, 0.25) is 0 Å². The molecule has 9 rings (SSSR count). The minimum absolute atomic E-state index is 0.00665. The molecule has 2 aliphatic heterocycles. The molecule has 0 aromatic heterocycles. The fraction of sp³-hybridized carbons (Fsp3) is 0.632. The molecule has 234 valence electrons. The van der Waals surface area contributed by atoms with Crippen LogP contribution in [0.1, 0.15) is 98.7 Å². The van der Waals surface area contributed by atoms with Crippen LogP contribution in [-0.4, -0.2) is 69.8 Å². The summed E-state index contributed by atoms with van der Waals surface area (Å²) in [6.45, 7) is 8.92. The third-order valence-corrected chi connectivity index (χ3v) is 13.1. The Kier molecular flexibility index (Phi) is 6.81. The second-order valence-corrected chi connectivity index (χ2v) is 15.7. The van der Waals surface area contributed by atoms with E-state index in [1.54, 1.807) is 6.07 Å². The van der Waals surface area contributed by atoms with E-state index in [0.717, 1.165) is 80.3 Å². The summed E-state index contributed by atoms with van der Waals surface area (Å²) >= 11 is 0. The van der Waals surface area contributed by atoms with E-state index in [9.17, 15) is 19.8 Å². The number of likely N-dealkylation sites (tertiary alicyclic amines) is 2. The lowest BCUT2D eigenvalue weighted by atomic mass is 9.52. The molecule has 0 radical (unpaired) electrons. The van der Waals surface area contributed by atoms with Gasteiger partial charge in [-0.1, -0.05) is 26.0 Å². The van der Waals surface area contributed by atoms with Crippen LogP contribution in [-0.2, 0) is 22.0 Å². The van der Waals surface area contributed by atoms with Crippen molar-refractivity contribution in [3.05, 3.63) is 58.7 Å². The number of phenols is 2. The lowest BCUT2D eigenvalue weighted by molar-refractivity contribution is -0.127. The Balaban J connectivity index is 0.000000132. The number of phenolic OH excluding ortho intramolecular Hbond substituents is 2. The number of fused-ring (bicyclic) bond motifs is 5. The van der Waals surface area contributed by atoms with Crippen LogP contribution in [0.15, 0.2) is 36.4 Å². The molecule has 2 heterocycles. The number of Topliss-reactive ketones (excluding diaryl/α,β-unsaturated/α-hetero) is 2. The number of carbonyl (C=O) groups is 2. The zero-order chi connectivity index (χ0) is 30.4. The molecular formula is C38H48N2O4. The highest BCUT2D eigenvalue weighted by Crippen LogP contribution is 2.57. The van der Waals surface area contributed by atoms with Crippen LogP contribution < -0.4 is 0 Å². The van der Waals surface area contributed by atoms with Crippen molar-refractivity contribution in [3.63, 3.8) is 0 Å². The first-order chi connectivity index (χ1) is 21.2. The molecule has 3 saturated carbocycles. The molecule has 6 atom stereocenters. The second kappa shape index (κ2) is 10.4. The van der Waals surface area contributed by atoms with Gasteiger partial charge in [0.1, 0.15) is 17.3 Å². The second-order valence-electron chi connectivity index (χ2n) is 15.7. The Labute approximate surface area is 261 Å². The molecule has 2 saturated heterocycles. The molecule has 6 nitrogen and oxygen atoms in total. The van der Waals surface area contributed by atoms with Crippen molar-refractivity contribution in [1.82, 2.24) is 9.80 Å². The first-order valence-corrected chi connectivity index (χ1v) is 17.4. The van der Waals surface area contributed by atoms with Crippen LogP contribution >= 0.6 is 0 Å². The van der Waals surface area contributed by atoms with E-state index in [-0.39, 0.29) is 28.4 Å². The van der Waals surface area contributed by atoms with Crippen molar-refractivity contribution in [1.29, 1.82) is 0 Å². The van der Waals surface area contributed by atoms with Crippen molar-refractivity contribution < 1.29 is 19.8 Å². The van der Waals surface area contributed by atoms with Crippen LogP contribution in [0.5, 0.6) is 11.5 Å². The third kappa shape index (κ3) is 4.57. The van der Waals surface area contributed by atoms with E-state index in [0.29, 0.717) is 35.8 Å². The minimum atomic E-state index is -0.0843. The molecule has 2 N–H and O–H groups in total. The van der Waals surface area contributed by atoms with Gasteiger partial charge in [-0.15, -0.1) is 0 Å². The highest BCUT2D eigenvalue weighted by molar-refractivity contribution is 6.03. The topological polar surface area (TPSA) is 81.1 Å². The van der Waals surface area contributed by atoms with Gasteiger partial charge < -0.3 is 10.2 Å². The number of rotatable bonds is 4. The minimum Gasteiger partial charge on any atom is -0.508 e. The molecule has 2 aromatic carbocycles. The van der Waals surface area contributed by atoms with Gasteiger partial charge in [0.05, 0.1) is 6.04 Å². The maximum atomic E-state index is 13.0. The van der Waals surface area contributed by atoms with E-state index >= 15 is 0 Å². The van der Waals surface area contributed by atoms with Crippen LogP contribution in [0.25, 0.3) is 0 Å². The molecule has 0 unspecified atom stereocenters. The van der Waals surface area contributed by atoms with Crippen LogP contribution in [0.3, 0.4) is 0 Å². The van der Waals surface area contributed by atoms with E-state index in [1.807, 2.05) is 24.3 Å². The van der Waals surface area contributed by atoms with Crippen molar-refractivity contribution in [2.24, 2.45) is 23.7 Å². The number of hydrogen-bond acceptors (Lipinski definition) is 6. The maximum absolute atomic E-state index is 13.0. The monoisotopic (exact) mass is 596 g/mol. The normalized spacial score (nSPS) is 36.0. The number of benzene rings is 2. The van der Waals surface area contributed by atoms with E-state index in [1.165, 1.54) is 37.8 Å². The molecule has 0 amide bonds. The Hall–Kier alpha value is -2.70. The standard InChI is InChI=1S/C20H25NO2.C18H23NO2/c22-15-6-7-16-17-10-14-2-1-3-18(23)19(14)20(16,11-15)8-9-21(17)12-13-4-5-13;1-11-16-17(21)14-6-5-13(20)9-15(14)18(11,2)7-8-19(16)10-12-3-4-12/h1-3,13,16-17,23H,4-12H2;5-6,9,11-12,16,20H,3-4,7-8,10H2,1-2H3/t16-,17+,20-;11-,16-,18+/m00/s1. The summed E-state index contributed by atoms with van der Waals surface area (Å²) in [5.41, 5.74) is 4.23. The predicted octanol–water partition coefficient (Wildman–Crippen LogP) is 6.01. The maximum Gasteiger partial charge on any atom is 0.180 e. The van der Waals surface area contributed by atoms with Gasteiger partial charge in [-0.3, -0.25) is 19.4 Å². The summed E-state index contributed by atoms with van der Waals surface area (Å²) in [5.74, 6) is 3.95. The fourth-order valence-electron chi connectivity index (χ4n) is 10.2. The molecule has 6 heteroatoms. The summed E-state index contributed by atoms with van der Waals surface area (Å²) in [4.78, 5) is 30.4. The van der Waals surface area contributed by atoms with Crippen LogP contribution in [0.2, 0.25) is 0 Å². The van der Waals surface area contributed by atoms with Gasteiger partial charge in [-0.25, -0.2) is 0 Å². The average Bonchev–Trinajstić information content (AvgIpc) is 3.93. The molecular weight excluding hydrogens is 548 g/mol. The van der Waals surface area contributed by atoms with Crippen LogP contribution in [0.4, 0.5) is 0 Å². The van der Waals surface area contributed by atoms with E-state index in [2.05, 4.69) is 29.7 Å². The third-order valence-electron chi connectivity index (χ3n) is 13.1. The Morgan fingerprint density at radius 2 is 1.64 bits per heavy atom. The summed E-state index contributed by atoms with van der Waals surface area (Å²) in [7, 11) is 0. The van der Waals surface area contributed by atoms with Gasteiger partial charge >= 0.3 is 0 Å². The Morgan fingerprint density at radius 3 is 2.39 bits per heavy atom. The van der Waals surface area contributed by atoms with E-state index < -0.39 is 0 Å². The van der Waals surface area contributed by atoms with Crippen molar-refractivity contribution in [3.8, 4) is 11.5 Å². The largest absolute Gasteiger partial charge is 0.508 e. The Morgan fingerprint density at radius 1 is 0.909 bits per heavy atom. The number of hydrogen-bond donors (Lipinski definition) is 2. The van der Waals surface area contributed by atoms with Gasteiger partial charge in [0.15, 0.2) is 5.78 Å². The highest BCUT2D eigenvalue weighted by atomic mass is 16.3. The molecule has 5 fully saturated rings. The molecule has 0 spiro atoms. The molecule has 44 heavy (non-hydrogen) atoms. The summed E-state index contributed by atoms with van der Waals surface area (Å²) in [6, 6.07) is 11.9. The molecule has 4 bridgehead atoms. The van der Waals surface area contributed by atoms with Crippen LogP contribution in [0, 0.1) is 23.7 Å². The van der Waals surface area contributed by atoms with Gasteiger partial charge in [0, 0.05) is 48.5 Å². The number of ketones is 2. The molecule has 7 aliphatic rings. The number of nitrogens with zero attached hydrogens (tertiary/aromatic N) is 2. The molecule has 5 aliphatic carbocycles. The van der Waals surface area contributed by atoms with Crippen molar-refractivity contribution in [2.75, 3.05) is 26.2 Å². The quantitative estimate of drug-likeness (QED) is 0.450. The first-order valence-electron chi connectivity index (χ1n) is 17.4. The first kappa shape index (κ1) is 28.8.